The first-order valence-electron chi connectivity index (χ1n) is 8.43. The maximum absolute atomic E-state index is 12.6. The van der Waals surface area contributed by atoms with Crippen molar-refractivity contribution in [1.29, 1.82) is 0 Å². The Labute approximate surface area is 154 Å². The van der Waals surface area contributed by atoms with E-state index in [9.17, 15) is 13.2 Å². The molecule has 2 rings (SSSR count). The second-order valence-corrected chi connectivity index (χ2v) is 7.53. The summed E-state index contributed by atoms with van der Waals surface area (Å²) in [7, 11) is -0.920. The second kappa shape index (κ2) is 8.71. The minimum Gasteiger partial charge on any atom is -0.496 e. The number of rotatable bonds is 8. The highest BCUT2D eigenvalue weighted by Gasteiger charge is 2.19. The fourth-order valence-corrected chi connectivity index (χ4v) is 3.59. The number of carbonyl (C=O) groups is 1. The highest BCUT2D eigenvalue weighted by molar-refractivity contribution is 7.92. The molecule has 0 aliphatic heterocycles. The number of aryl methyl sites for hydroxylation is 1. The Bertz CT molecular complexity index is 862. The van der Waals surface area contributed by atoms with E-state index < -0.39 is 15.9 Å². The van der Waals surface area contributed by atoms with E-state index >= 15 is 0 Å². The monoisotopic (exact) mass is 376 g/mol. The quantitative estimate of drug-likeness (QED) is 0.741. The molecule has 0 unspecified atom stereocenters. The maximum atomic E-state index is 12.6. The van der Waals surface area contributed by atoms with Crippen molar-refractivity contribution in [3.05, 3.63) is 53.6 Å². The number of ether oxygens (including phenoxy) is 1. The maximum Gasteiger partial charge on any atom is 0.261 e. The third-order valence-electron chi connectivity index (χ3n) is 3.98. The smallest absolute Gasteiger partial charge is 0.261 e. The number of unbranched alkanes of at least 4 members (excludes halogenated alkanes) is 1. The van der Waals surface area contributed by atoms with Crippen LogP contribution in [-0.2, 0) is 16.4 Å². The van der Waals surface area contributed by atoms with Gasteiger partial charge in [0.05, 0.1) is 17.6 Å². The van der Waals surface area contributed by atoms with Crippen LogP contribution in [-0.4, -0.2) is 28.5 Å². The van der Waals surface area contributed by atoms with Crippen LogP contribution in [0.2, 0.25) is 0 Å². The molecule has 2 aromatic rings. The molecular formula is C19H24N2O4S. The third-order valence-corrected chi connectivity index (χ3v) is 5.36. The van der Waals surface area contributed by atoms with Crippen molar-refractivity contribution in [2.75, 3.05) is 18.9 Å². The van der Waals surface area contributed by atoms with E-state index in [-0.39, 0.29) is 10.5 Å². The predicted molar refractivity (Wildman–Crippen MR) is 102 cm³/mol. The number of carbonyl (C=O) groups excluding carboxylic acids is 1. The molecule has 2 aromatic carbocycles. The Morgan fingerprint density at radius 2 is 1.81 bits per heavy atom. The van der Waals surface area contributed by atoms with Crippen LogP contribution in [0.15, 0.2) is 47.4 Å². The number of sulfonamides is 1. The number of benzene rings is 2. The molecule has 7 heteroatoms. The highest BCUT2D eigenvalue weighted by atomic mass is 32.2. The van der Waals surface area contributed by atoms with E-state index in [1.54, 1.807) is 12.1 Å². The van der Waals surface area contributed by atoms with Crippen LogP contribution in [0.1, 0.15) is 35.7 Å². The standard InChI is InChI=1S/C19H24N2O4S/c1-4-5-6-14-7-9-15(10-8-14)21-26(23,24)16-11-12-18(25-3)17(13-16)19(22)20-2/h7-13,21H,4-6H2,1-3H3,(H,20,22). The lowest BCUT2D eigenvalue weighted by Gasteiger charge is -2.12. The van der Waals surface area contributed by atoms with Crippen LogP contribution in [0, 0.1) is 0 Å². The van der Waals surface area contributed by atoms with Crippen molar-refractivity contribution in [3.8, 4) is 5.75 Å². The molecule has 26 heavy (non-hydrogen) atoms. The molecular weight excluding hydrogens is 352 g/mol. The lowest BCUT2D eigenvalue weighted by atomic mass is 10.1. The van der Waals surface area contributed by atoms with Crippen molar-refractivity contribution in [2.24, 2.45) is 0 Å². The molecule has 0 saturated carbocycles. The molecule has 0 aliphatic rings. The van der Waals surface area contributed by atoms with Crippen molar-refractivity contribution >= 4 is 21.6 Å². The molecule has 0 bridgehead atoms. The molecule has 2 N–H and O–H groups in total. The van der Waals surface area contributed by atoms with Gasteiger partial charge in [0.25, 0.3) is 15.9 Å². The van der Waals surface area contributed by atoms with Crippen LogP contribution >= 0.6 is 0 Å². The highest BCUT2D eigenvalue weighted by Crippen LogP contribution is 2.24. The Balaban J connectivity index is 2.25. The van der Waals surface area contributed by atoms with Gasteiger partial charge in [0.1, 0.15) is 5.75 Å². The van der Waals surface area contributed by atoms with Crippen molar-refractivity contribution in [1.82, 2.24) is 5.32 Å². The Morgan fingerprint density at radius 1 is 1.12 bits per heavy atom. The summed E-state index contributed by atoms with van der Waals surface area (Å²) >= 11 is 0. The molecule has 0 spiro atoms. The molecule has 0 aliphatic carbocycles. The topological polar surface area (TPSA) is 84.5 Å². The summed E-state index contributed by atoms with van der Waals surface area (Å²) < 4.78 is 32.9. The van der Waals surface area contributed by atoms with E-state index in [2.05, 4.69) is 17.0 Å². The summed E-state index contributed by atoms with van der Waals surface area (Å²) in [6.07, 6.45) is 3.18. The zero-order valence-electron chi connectivity index (χ0n) is 15.2. The molecule has 1 amide bonds. The number of nitrogens with one attached hydrogen (secondary N) is 2. The van der Waals surface area contributed by atoms with Crippen LogP contribution < -0.4 is 14.8 Å². The van der Waals surface area contributed by atoms with Crippen LogP contribution in [0.3, 0.4) is 0 Å². The first kappa shape index (κ1) is 19.8. The minimum absolute atomic E-state index is 0.00744. The first-order valence-corrected chi connectivity index (χ1v) is 9.91. The SMILES string of the molecule is CCCCc1ccc(NS(=O)(=O)c2ccc(OC)c(C(=O)NC)c2)cc1. The average molecular weight is 376 g/mol. The van der Waals surface area contributed by atoms with Crippen LogP contribution in [0.5, 0.6) is 5.75 Å². The van der Waals surface area contributed by atoms with Gasteiger partial charge in [-0.15, -0.1) is 0 Å². The molecule has 6 nitrogen and oxygen atoms in total. The van der Waals surface area contributed by atoms with Crippen LogP contribution in [0.4, 0.5) is 5.69 Å². The summed E-state index contributed by atoms with van der Waals surface area (Å²) in [6, 6.07) is 11.5. The van der Waals surface area contributed by atoms with Crippen molar-refractivity contribution < 1.29 is 17.9 Å². The Morgan fingerprint density at radius 3 is 2.38 bits per heavy atom. The molecule has 0 aromatic heterocycles. The van der Waals surface area contributed by atoms with E-state index in [0.717, 1.165) is 19.3 Å². The molecule has 0 radical (unpaired) electrons. The van der Waals surface area contributed by atoms with Gasteiger partial charge in [0.2, 0.25) is 0 Å². The Kier molecular flexibility index (Phi) is 6.63. The van der Waals surface area contributed by atoms with Gasteiger partial charge >= 0.3 is 0 Å². The fourth-order valence-electron chi connectivity index (χ4n) is 2.50. The lowest BCUT2D eigenvalue weighted by Crippen LogP contribution is -2.20. The number of amides is 1. The zero-order valence-corrected chi connectivity index (χ0v) is 16.0. The largest absolute Gasteiger partial charge is 0.496 e. The number of methoxy groups -OCH3 is 1. The number of anilines is 1. The molecule has 0 heterocycles. The Hall–Kier alpha value is -2.54. The van der Waals surface area contributed by atoms with E-state index in [1.807, 2.05) is 12.1 Å². The van der Waals surface area contributed by atoms with E-state index in [1.165, 1.54) is 37.9 Å². The number of hydrogen-bond donors (Lipinski definition) is 2. The predicted octanol–water partition coefficient (Wildman–Crippen LogP) is 3.20. The summed E-state index contributed by atoms with van der Waals surface area (Å²) in [5, 5.41) is 2.47. The molecule has 0 saturated heterocycles. The van der Waals surface area contributed by atoms with Gasteiger partial charge in [-0.1, -0.05) is 25.5 Å². The van der Waals surface area contributed by atoms with Crippen LogP contribution in [0.25, 0.3) is 0 Å². The summed E-state index contributed by atoms with van der Waals surface area (Å²) in [6.45, 7) is 2.13. The fraction of sp³-hybridized carbons (Fsp3) is 0.316. The molecule has 140 valence electrons. The summed E-state index contributed by atoms with van der Waals surface area (Å²) in [4.78, 5) is 11.9. The van der Waals surface area contributed by atoms with Gasteiger partial charge in [-0.2, -0.15) is 0 Å². The first-order chi connectivity index (χ1) is 12.4. The van der Waals surface area contributed by atoms with Gasteiger partial charge in [-0.3, -0.25) is 9.52 Å². The van der Waals surface area contributed by atoms with E-state index in [4.69, 9.17) is 4.74 Å². The van der Waals surface area contributed by atoms with Gasteiger partial charge in [-0.05, 0) is 48.7 Å². The molecule has 0 fully saturated rings. The normalized spacial score (nSPS) is 11.0. The minimum atomic E-state index is -3.82. The summed E-state index contributed by atoms with van der Waals surface area (Å²) in [5.41, 5.74) is 1.80. The third kappa shape index (κ3) is 4.76. The summed E-state index contributed by atoms with van der Waals surface area (Å²) in [5.74, 6) is -0.109. The number of hydrogen-bond acceptors (Lipinski definition) is 4. The van der Waals surface area contributed by atoms with Gasteiger partial charge in [0, 0.05) is 12.7 Å². The van der Waals surface area contributed by atoms with E-state index in [0.29, 0.717) is 11.4 Å². The van der Waals surface area contributed by atoms with Crippen molar-refractivity contribution in [2.45, 2.75) is 31.1 Å². The van der Waals surface area contributed by atoms with Gasteiger partial charge in [-0.25, -0.2) is 8.42 Å². The van der Waals surface area contributed by atoms with Gasteiger partial charge < -0.3 is 10.1 Å². The average Bonchev–Trinajstić information content (AvgIpc) is 2.66. The lowest BCUT2D eigenvalue weighted by molar-refractivity contribution is 0.0960. The molecule has 0 atom stereocenters. The zero-order chi connectivity index (χ0) is 19.2. The van der Waals surface area contributed by atoms with Crippen molar-refractivity contribution in [3.63, 3.8) is 0 Å². The van der Waals surface area contributed by atoms with Gasteiger partial charge in [0.15, 0.2) is 0 Å². The second-order valence-electron chi connectivity index (χ2n) is 5.85.